The number of carbonyl (C=O) groups excluding carboxylic acids is 4. The number of carbonyl (C=O) groups is 5. The summed E-state index contributed by atoms with van der Waals surface area (Å²) >= 11 is 6.31. The van der Waals surface area contributed by atoms with E-state index in [9.17, 15) is 34.1 Å². The van der Waals surface area contributed by atoms with Gasteiger partial charge in [-0.3, -0.25) is 24.3 Å². The fraction of sp³-hybridized carbons (Fsp3) is 0.360. The average Bonchev–Trinajstić information content (AvgIpc) is 2.89. The molecule has 2 aliphatic heterocycles. The largest absolute Gasteiger partial charge is 0.535 e. The van der Waals surface area contributed by atoms with Crippen LogP contribution in [-0.4, -0.2) is 81.3 Å². The third-order valence-corrected chi connectivity index (χ3v) is 7.24. The number of ketones is 1. The molecule has 1 fully saturated rings. The number of amides is 4. The van der Waals surface area contributed by atoms with Crippen LogP contribution in [0.25, 0.3) is 0 Å². The number of piperazine rings is 1. The van der Waals surface area contributed by atoms with Gasteiger partial charge in [0.25, 0.3) is 0 Å². The highest BCUT2D eigenvalue weighted by Gasteiger charge is 2.42. The molecule has 0 radical (unpaired) electrons. The molecule has 2 aliphatic rings. The number of Topliss-reactive ketones (excluding diaryl/α,β-unsaturated/α-hetero) is 1. The van der Waals surface area contributed by atoms with E-state index in [2.05, 4.69) is 10.3 Å². The zero-order valence-electron chi connectivity index (χ0n) is 21.7. The number of aromatic carboxylic acids is 1. The first-order chi connectivity index (χ1) is 18.9. The number of urea groups is 1. The van der Waals surface area contributed by atoms with Crippen LogP contribution in [0, 0.1) is 6.92 Å². The van der Waals surface area contributed by atoms with Crippen LogP contribution in [0.4, 0.5) is 10.5 Å². The maximum atomic E-state index is 13.6. The number of fused-ring (bicyclic) bond motifs is 1. The summed E-state index contributed by atoms with van der Waals surface area (Å²) < 4.78 is 5.55. The number of rotatable bonds is 7. The third-order valence-electron chi connectivity index (χ3n) is 6.94. The summed E-state index contributed by atoms with van der Waals surface area (Å²) in [7, 11) is -1.52. The number of hydrogen-bond donors (Lipinski definition) is 4. The number of carboxylic acids is 1. The van der Waals surface area contributed by atoms with Gasteiger partial charge in [0, 0.05) is 31.9 Å². The molecule has 1 saturated heterocycles. The minimum Gasteiger partial charge on any atom is -0.535 e. The Morgan fingerprint density at radius 1 is 1.27 bits per heavy atom. The van der Waals surface area contributed by atoms with Gasteiger partial charge in [0.15, 0.2) is 5.78 Å². The van der Waals surface area contributed by atoms with Crippen molar-refractivity contribution in [3.8, 4) is 5.75 Å². The number of pyridine rings is 1. The van der Waals surface area contributed by atoms with Crippen molar-refractivity contribution in [2.24, 2.45) is 0 Å². The summed E-state index contributed by atoms with van der Waals surface area (Å²) in [5.74, 6) is -4.49. The van der Waals surface area contributed by atoms with E-state index in [4.69, 9.17) is 22.0 Å². The number of nitrogens with two attached hydrogens (primary N) is 1. The SMILES string of the molecule is CCN1CCN(C(=O)NC(C(=O)C[C@H]2Cc3ccc(C)c(C(=O)O)c3OB2O)c2ncc(N)cc2Cl)C(=O)C1=O. The number of halogens is 1. The van der Waals surface area contributed by atoms with Gasteiger partial charge >= 0.3 is 30.9 Å². The van der Waals surface area contributed by atoms with Crippen molar-refractivity contribution >= 4 is 54.0 Å². The lowest BCUT2D eigenvalue weighted by atomic mass is 9.64. The molecule has 210 valence electrons. The van der Waals surface area contributed by atoms with Crippen LogP contribution in [0.3, 0.4) is 0 Å². The second-order valence-corrected chi connectivity index (χ2v) is 9.96. The number of imide groups is 1. The Balaban J connectivity index is 1.59. The van der Waals surface area contributed by atoms with E-state index in [1.54, 1.807) is 26.0 Å². The molecule has 0 spiro atoms. The third kappa shape index (κ3) is 5.58. The lowest BCUT2D eigenvalue weighted by Crippen LogP contribution is -2.58. The monoisotopic (exact) mass is 571 g/mol. The first kappa shape index (κ1) is 28.8. The molecular formula is C25H27BClN5O8. The van der Waals surface area contributed by atoms with Crippen LogP contribution in [0.15, 0.2) is 24.4 Å². The lowest BCUT2D eigenvalue weighted by Gasteiger charge is -2.33. The number of nitrogens with one attached hydrogen (secondary N) is 1. The summed E-state index contributed by atoms with van der Waals surface area (Å²) in [5.41, 5.74) is 6.76. The minimum absolute atomic E-state index is 0.0239. The number of carboxylic acid groups (broad SMARTS) is 1. The van der Waals surface area contributed by atoms with Crippen LogP contribution in [0.2, 0.25) is 10.8 Å². The molecule has 1 aromatic carbocycles. The molecule has 1 unspecified atom stereocenters. The van der Waals surface area contributed by atoms with E-state index in [0.717, 1.165) is 0 Å². The Bertz CT molecular complexity index is 1410. The molecule has 1 aromatic heterocycles. The van der Waals surface area contributed by atoms with Crippen molar-refractivity contribution < 1.29 is 38.8 Å². The Labute approximate surface area is 234 Å². The number of hydrogen-bond acceptors (Lipinski definition) is 9. The highest BCUT2D eigenvalue weighted by molar-refractivity contribution is 6.47. The van der Waals surface area contributed by atoms with Crippen molar-refractivity contribution in [2.45, 2.75) is 38.5 Å². The van der Waals surface area contributed by atoms with Gasteiger partial charge in [-0.1, -0.05) is 23.7 Å². The summed E-state index contributed by atoms with van der Waals surface area (Å²) in [6.45, 7) is 3.67. The normalized spacial score (nSPS) is 17.7. The first-order valence-corrected chi connectivity index (χ1v) is 12.9. The van der Waals surface area contributed by atoms with Gasteiger partial charge < -0.3 is 30.7 Å². The van der Waals surface area contributed by atoms with Gasteiger partial charge in [-0.25, -0.2) is 9.59 Å². The molecule has 5 N–H and O–H groups in total. The van der Waals surface area contributed by atoms with Crippen LogP contribution in [0.1, 0.15) is 46.6 Å². The fourth-order valence-electron chi connectivity index (χ4n) is 4.78. The Hall–Kier alpha value is -4.17. The van der Waals surface area contributed by atoms with Crippen molar-refractivity contribution in [1.82, 2.24) is 20.1 Å². The van der Waals surface area contributed by atoms with Gasteiger partial charge in [-0.15, -0.1) is 0 Å². The smallest absolute Gasteiger partial charge is 0.526 e. The molecule has 0 saturated carbocycles. The molecule has 0 bridgehead atoms. The van der Waals surface area contributed by atoms with Crippen LogP contribution in [-0.2, 0) is 20.8 Å². The number of nitrogens with zero attached hydrogens (tertiary/aromatic N) is 3. The molecule has 15 heteroatoms. The summed E-state index contributed by atoms with van der Waals surface area (Å²) in [5, 5.41) is 22.7. The zero-order chi connectivity index (χ0) is 29.3. The summed E-state index contributed by atoms with van der Waals surface area (Å²) in [6, 6.07) is 2.16. The second-order valence-electron chi connectivity index (χ2n) is 9.55. The molecule has 2 aromatic rings. The Morgan fingerprint density at radius 3 is 2.65 bits per heavy atom. The number of benzene rings is 1. The highest BCUT2D eigenvalue weighted by Crippen LogP contribution is 2.38. The predicted molar refractivity (Wildman–Crippen MR) is 143 cm³/mol. The predicted octanol–water partition coefficient (Wildman–Crippen LogP) is 1.21. The van der Waals surface area contributed by atoms with Gasteiger partial charge in [0.1, 0.15) is 17.4 Å². The lowest BCUT2D eigenvalue weighted by molar-refractivity contribution is -0.153. The van der Waals surface area contributed by atoms with Crippen LogP contribution >= 0.6 is 11.6 Å². The van der Waals surface area contributed by atoms with Crippen molar-refractivity contribution in [3.63, 3.8) is 0 Å². The second kappa shape index (κ2) is 11.5. The zero-order valence-corrected chi connectivity index (χ0v) is 22.5. The standard InChI is InChI=1S/C25H27BClN5O8/c1-3-31-6-7-32(23(35)22(31)34)25(38)30-20(19-16(27)10-15(28)11-29-19)17(33)9-14-8-13-5-4-12(2)18(24(36)37)21(13)40-26(14)39/h4-5,10-11,14,20,39H,3,6-9,28H2,1-2H3,(H,30,38)(H,36,37)/t14-,20?/m1/s1. The van der Waals surface area contributed by atoms with Crippen LogP contribution < -0.4 is 15.7 Å². The molecule has 3 heterocycles. The maximum absolute atomic E-state index is 13.6. The minimum atomic E-state index is -1.52. The number of nitrogen functional groups attached to an aromatic ring is 1. The number of aryl methyl sites for hydroxylation is 1. The maximum Gasteiger partial charge on any atom is 0.526 e. The molecule has 4 amide bonds. The molecule has 40 heavy (non-hydrogen) atoms. The molecule has 0 aliphatic carbocycles. The number of anilines is 1. The topological polar surface area (TPSA) is 192 Å². The summed E-state index contributed by atoms with van der Waals surface area (Å²) in [6.07, 6.45) is 1.02. The van der Waals surface area contributed by atoms with E-state index in [0.29, 0.717) is 22.6 Å². The van der Waals surface area contributed by atoms with E-state index >= 15 is 0 Å². The molecule has 2 atom stereocenters. The van der Waals surface area contributed by atoms with E-state index < -0.39 is 48.6 Å². The van der Waals surface area contributed by atoms with Gasteiger partial charge in [-0.05, 0) is 37.5 Å². The average molecular weight is 572 g/mol. The fourth-order valence-corrected chi connectivity index (χ4v) is 5.07. The molecular weight excluding hydrogens is 545 g/mol. The van der Waals surface area contributed by atoms with Gasteiger partial charge in [0.05, 0.1) is 22.6 Å². The molecule has 13 nitrogen and oxygen atoms in total. The number of likely N-dealkylation sites (N-methyl/N-ethyl adjacent to an activating group) is 1. The highest BCUT2D eigenvalue weighted by atomic mass is 35.5. The number of aromatic nitrogens is 1. The molecule has 4 rings (SSSR count). The summed E-state index contributed by atoms with van der Waals surface area (Å²) in [4.78, 5) is 69.4. The Morgan fingerprint density at radius 2 is 2.00 bits per heavy atom. The van der Waals surface area contributed by atoms with Gasteiger partial charge in [-0.2, -0.15) is 0 Å². The van der Waals surface area contributed by atoms with E-state index in [-0.39, 0.29) is 53.6 Å². The van der Waals surface area contributed by atoms with Crippen molar-refractivity contribution in [1.29, 1.82) is 0 Å². The first-order valence-electron chi connectivity index (χ1n) is 12.5. The Kier molecular flexibility index (Phi) is 8.30. The van der Waals surface area contributed by atoms with E-state index in [1.165, 1.54) is 17.2 Å². The van der Waals surface area contributed by atoms with Crippen molar-refractivity contribution in [2.75, 3.05) is 25.4 Å². The van der Waals surface area contributed by atoms with E-state index in [1.807, 2.05) is 0 Å². The van der Waals surface area contributed by atoms with Crippen LogP contribution in [0.5, 0.6) is 5.75 Å². The van der Waals surface area contributed by atoms with Crippen molar-refractivity contribution in [3.05, 3.63) is 51.8 Å². The quantitative estimate of drug-likeness (QED) is 0.277. The van der Waals surface area contributed by atoms with Gasteiger partial charge in [0.2, 0.25) is 0 Å².